The van der Waals surface area contributed by atoms with Gasteiger partial charge in [-0.3, -0.25) is 0 Å². The molecule has 1 aliphatic carbocycles. The average molecular weight is 208 g/mol. The molecule has 0 fully saturated rings. The molecule has 1 rings (SSSR count). The van der Waals surface area contributed by atoms with Crippen molar-refractivity contribution in [2.24, 2.45) is 16.7 Å². The van der Waals surface area contributed by atoms with E-state index in [9.17, 15) is 5.11 Å². The minimum atomic E-state index is -0.321. The first kappa shape index (κ1) is 12.5. The Morgan fingerprint density at radius 2 is 2.13 bits per heavy atom. The second kappa shape index (κ2) is 3.79. The first-order valence-electron chi connectivity index (χ1n) is 5.72. The number of aliphatic hydroxyl groups is 1. The van der Waals surface area contributed by atoms with Crippen LogP contribution in [0.5, 0.6) is 0 Å². The third kappa shape index (κ3) is 2.03. The van der Waals surface area contributed by atoms with Gasteiger partial charge in [-0.05, 0) is 24.7 Å². The van der Waals surface area contributed by atoms with Crippen LogP contribution in [-0.2, 0) is 0 Å². The van der Waals surface area contributed by atoms with Gasteiger partial charge in [-0.2, -0.15) is 0 Å². The van der Waals surface area contributed by atoms with Crippen LogP contribution in [0, 0.1) is 16.7 Å². The number of hydrogen-bond acceptors (Lipinski definition) is 1. The van der Waals surface area contributed by atoms with E-state index in [2.05, 4.69) is 47.3 Å². The van der Waals surface area contributed by atoms with Crippen molar-refractivity contribution in [3.63, 3.8) is 0 Å². The summed E-state index contributed by atoms with van der Waals surface area (Å²) in [6, 6.07) is 0. The molecule has 1 heteroatoms. The number of hydrogen-bond donors (Lipinski definition) is 1. The quantitative estimate of drug-likeness (QED) is 0.703. The Bertz CT molecular complexity index is 284. The highest BCUT2D eigenvalue weighted by Gasteiger charge is 2.43. The fourth-order valence-electron chi connectivity index (χ4n) is 2.32. The van der Waals surface area contributed by atoms with Gasteiger partial charge in [0.05, 0.1) is 6.10 Å². The molecular formula is C14H24O. The van der Waals surface area contributed by atoms with Crippen LogP contribution in [0.1, 0.15) is 41.0 Å². The van der Waals surface area contributed by atoms with Crippen LogP contribution < -0.4 is 0 Å². The molecule has 0 saturated heterocycles. The summed E-state index contributed by atoms with van der Waals surface area (Å²) >= 11 is 0. The van der Waals surface area contributed by atoms with Crippen molar-refractivity contribution < 1.29 is 5.11 Å². The van der Waals surface area contributed by atoms with Crippen molar-refractivity contribution in [2.75, 3.05) is 0 Å². The molecule has 0 aromatic heterocycles. The first-order chi connectivity index (χ1) is 6.73. The zero-order valence-electron chi connectivity index (χ0n) is 10.7. The molecule has 0 heterocycles. The maximum Gasteiger partial charge on any atom is 0.0664 e. The Morgan fingerprint density at radius 3 is 2.47 bits per heavy atom. The van der Waals surface area contributed by atoms with E-state index in [-0.39, 0.29) is 16.9 Å². The maximum atomic E-state index is 10.4. The second-order valence-corrected chi connectivity index (χ2v) is 5.92. The topological polar surface area (TPSA) is 20.2 Å². The summed E-state index contributed by atoms with van der Waals surface area (Å²) in [6.45, 7) is 14.5. The summed E-state index contributed by atoms with van der Waals surface area (Å²) in [5, 5.41) is 10.4. The molecule has 0 saturated carbocycles. The van der Waals surface area contributed by atoms with Crippen molar-refractivity contribution in [1.29, 1.82) is 0 Å². The monoisotopic (exact) mass is 208 g/mol. The molecular weight excluding hydrogens is 184 g/mol. The molecule has 0 amide bonds. The molecule has 0 bridgehead atoms. The minimum absolute atomic E-state index is 0.111. The molecule has 1 aliphatic rings. The van der Waals surface area contributed by atoms with Gasteiger partial charge >= 0.3 is 0 Å². The third-order valence-corrected chi connectivity index (χ3v) is 4.29. The zero-order chi connectivity index (χ0) is 11.9. The van der Waals surface area contributed by atoms with Crippen LogP contribution in [0.15, 0.2) is 24.3 Å². The summed E-state index contributed by atoms with van der Waals surface area (Å²) in [4.78, 5) is 0. The van der Waals surface area contributed by atoms with Gasteiger partial charge in [0.15, 0.2) is 0 Å². The number of allylic oxidation sites excluding steroid dienone is 2. The molecule has 15 heavy (non-hydrogen) atoms. The normalized spacial score (nSPS) is 27.3. The van der Waals surface area contributed by atoms with Gasteiger partial charge in [0.1, 0.15) is 0 Å². The van der Waals surface area contributed by atoms with Gasteiger partial charge in [0.2, 0.25) is 0 Å². The highest BCUT2D eigenvalue weighted by atomic mass is 16.3. The van der Waals surface area contributed by atoms with Crippen molar-refractivity contribution in [1.82, 2.24) is 0 Å². The fourth-order valence-corrected chi connectivity index (χ4v) is 2.32. The summed E-state index contributed by atoms with van der Waals surface area (Å²) in [7, 11) is 0. The van der Waals surface area contributed by atoms with Gasteiger partial charge in [0.25, 0.3) is 0 Å². The largest absolute Gasteiger partial charge is 0.392 e. The highest BCUT2D eigenvalue weighted by Crippen LogP contribution is 2.48. The van der Waals surface area contributed by atoms with Crippen molar-refractivity contribution in [3.05, 3.63) is 24.3 Å². The maximum absolute atomic E-state index is 10.4. The van der Waals surface area contributed by atoms with Gasteiger partial charge in [-0.25, -0.2) is 0 Å². The molecule has 0 aliphatic heterocycles. The van der Waals surface area contributed by atoms with Gasteiger partial charge in [-0.15, -0.1) is 6.58 Å². The van der Waals surface area contributed by atoms with E-state index in [0.717, 1.165) is 6.42 Å². The smallest absolute Gasteiger partial charge is 0.0664 e. The first-order valence-corrected chi connectivity index (χ1v) is 5.72. The van der Waals surface area contributed by atoms with Gasteiger partial charge in [0, 0.05) is 5.41 Å². The zero-order valence-corrected chi connectivity index (χ0v) is 10.7. The Hall–Kier alpha value is -0.560. The van der Waals surface area contributed by atoms with E-state index in [1.807, 2.05) is 6.08 Å². The molecule has 0 aromatic rings. The van der Waals surface area contributed by atoms with E-state index >= 15 is 0 Å². The molecule has 2 atom stereocenters. The lowest BCUT2D eigenvalue weighted by Crippen LogP contribution is -2.40. The van der Waals surface area contributed by atoms with E-state index in [1.54, 1.807) is 0 Å². The summed E-state index contributed by atoms with van der Waals surface area (Å²) in [5.74, 6) is 0.311. The highest BCUT2D eigenvalue weighted by molar-refractivity contribution is 5.20. The van der Waals surface area contributed by atoms with Crippen LogP contribution >= 0.6 is 0 Å². The predicted octanol–water partition coefficient (Wildman–Crippen LogP) is 3.55. The second-order valence-electron chi connectivity index (χ2n) is 5.92. The molecule has 86 valence electrons. The standard InChI is InChI=1S/C14H24O/c1-7-13(3,4)12(15)11-9-8-10(2)14(11,5)6/h7-8,11-12,15H,1,9H2,2-6H3. The summed E-state index contributed by atoms with van der Waals surface area (Å²) in [5.41, 5.74) is 1.30. The van der Waals surface area contributed by atoms with Crippen molar-refractivity contribution >= 4 is 0 Å². The van der Waals surface area contributed by atoms with Crippen LogP contribution in [0.4, 0.5) is 0 Å². The van der Waals surface area contributed by atoms with E-state index < -0.39 is 0 Å². The molecule has 0 spiro atoms. The summed E-state index contributed by atoms with van der Waals surface area (Å²) < 4.78 is 0. The van der Waals surface area contributed by atoms with Gasteiger partial charge in [-0.1, -0.05) is 45.4 Å². The number of aliphatic hydroxyl groups excluding tert-OH is 1. The van der Waals surface area contributed by atoms with E-state index in [4.69, 9.17) is 0 Å². The lowest BCUT2D eigenvalue weighted by molar-refractivity contribution is -0.00513. The molecule has 2 unspecified atom stereocenters. The molecule has 0 aromatic carbocycles. The van der Waals surface area contributed by atoms with Crippen LogP contribution in [0.3, 0.4) is 0 Å². The fraction of sp³-hybridized carbons (Fsp3) is 0.714. The number of rotatable bonds is 3. The Labute approximate surface area is 93.9 Å². The third-order valence-electron chi connectivity index (χ3n) is 4.29. The van der Waals surface area contributed by atoms with Crippen molar-refractivity contribution in [3.8, 4) is 0 Å². The lowest BCUT2D eigenvalue weighted by Gasteiger charge is -2.39. The Balaban J connectivity index is 2.89. The molecule has 1 N–H and O–H groups in total. The van der Waals surface area contributed by atoms with E-state index in [1.165, 1.54) is 5.57 Å². The average Bonchev–Trinajstić information content (AvgIpc) is 2.41. The lowest BCUT2D eigenvalue weighted by atomic mass is 9.68. The molecule has 0 radical (unpaired) electrons. The SMILES string of the molecule is C=CC(C)(C)C(O)C1CC=C(C)C1(C)C. The minimum Gasteiger partial charge on any atom is -0.392 e. The van der Waals surface area contributed by atoms with E-state index in [0.29, 0.717) is 5.92 Å². The van der Waals surface area contributed by atoms with Crippen LogP contribution in [-0.4, -0.2) is 11.2 Å². The van der Waals surface area contributed by atoms with Gasteiger partial charge < -0.3 is 5.11 Å². The van der Waals surface area contributed by atoms with Crippen molar-refractivity contribution in [2.45, 2.75) is 47.1 Å². The predicted molar refractivity (Wildman–Crippen MR) is 65.6 cm³/mol. The Morgan fingerprint density at radius 1 is 1.60 bits per heavy atom. The van der Waals surface area contributed by atoms with Crippen LogP contribution in [0.2, 0.25) is 0 Å². The molecule has 1 nitrogen and oxygen atoms in total. The van der Waals surface area contributed by atoms with Crippen LogP contribution in [0.25, 0.3) is 0 Å². The Kier molecular flexibility index (Phi) is 3.16. The summed E-state index contributed by atoms with van der Waals surface area (Å²) in [6.07, 6.45) is 4.78.